The Bertz CT molecular complexity index is 349. The van der Waals surface area contributed by atoms with Gasteiger partial charge in [-0.05, 0) is 18.2 Å². The molecular formula is C9H8O3S. The van der Waals surface area contributed by atoms with Gasteiger partial charge in [-0.15, -0.1) is 0 Å². The highest BCUT2D eigenvalue weighted by Crippen LogP contribution is 2.32. The standard InChI is InChI=1S/C9H8O3S/c10-7(4-13)6-1-2-8-9(3-6)12-5-11-8/h1-3,13H,4-5H2. The van der Waals surface area contributed by atoms with E-state index in [4.69, 9.17) is 9.47 Å². The number of Topliss-reactive ketones (excluding diaryl/α,β-unsaturated/α-hetero) is 1. The van der Waals surface area contributed by atoms with Crippen LogP contribution in [0.1, 0.15) is 10.4 Å². The van der Waals surface area contributed by atoms with E-state index in [2.05, 4.69) is 12.6 Å². The second-order valence-corrected chi connectivity index (χ2v) is 2.97. The van der Waals surface area contributed by atoms with E-state index in [-0.39, 0.29) is 18.3 Å². The zero-order valence-electron chi connectivity index (χ0n) is 6.82. The monoisotopic (exact) mass is 196 g/mol. The van der Waals surface area contributed by atoms with Crippen molar-refractivity contribution in [3.05, 3.63) is 23.8 Å². The molecule has 1 heterocycles. The van der Waals surface area contributed by atoms with Crippen LogP contribution in [0.2, 0.25) is 0 Å². The molecule has 0 unspecified atom stereocenters. The van der Waals surface area contributed by atoms with Gasteiger partial charge in [-0.3, -0.25) is 4.79 Å². The van der Waals surface area contributed by atoms with E-state index in [0.29, 0.717) is 17.1 Å². The minimum absolute atomic E-state index is 0.0124. The maximum atomic E-state index is 11.2. The number of fused-ring (bicyclic) bond motifs is 1. The number of carbonyl (C=O) groups excluding carboxylic acids is 1. The molecule has 4 heteroatoms. The molecule has 0 aliphatic carbocycles. The van der Waals surface area contributed by atoms with E-state index in [1.165, 1.54) is 0 Å². The Morgan fingerprint density at radius 3 is 2.92 bits per heavy atom. The van der Waals surface area contributed by atoms with E-state index in [9.17, 15) is 4.79 Å². The van der Waals surface area contributed by atoms with Crippen LogP contribution in [0.5, 0.6) is 11.5 Å². The van der Waals surface area contributed by atoms with Crippen molar-refractivity contribution in [2.75, 3.05) is 12.5 Å². The van der Waals surface area contributed by atoms with Crippen LogP contribution in [0.25, 0.3) is 0 Å². The van der Waals surface area contributed by atoms with Crippen molar-refractivity contribution < 1.29 is 14.3 Å². The molecule has 0 bridgehead atoms. The first-order chi connectivity index (χ1) is 6.31. The highest BCUT2D eigenvalue weighted by atomic mass is 32.1. The Morgan fingerprint density at radius 2 is 2.15 bits per heavy atom. The van der Waals surface area contributed by atoms with Gasteiger partial charge in [-0.1, -0.05) is 0 Å². The molecule has 0 atom stereocenters. The number of hydrogen-bond acceptors (Lipinski definition) is 4. The molecular weight excluding hydrogens is 188 g/mol. The summed E-state index contributed by atoms with van der Waals surface area (Å²) < 4.78 is 10.2. The van der Waals surface area contributed by atoms with Crippen molar-refractivity contribution >= 4 is 18.4 Å². The fourth-order valence-electron chi connectivity index (χ4n) is 1.16. The quantitative estimate of drug-likeness (QED) is 0.575. The first-order valence-electron chi connectivity index (χ1n) is 3.85. The number of rotatable bonds is 2. The molecule has 1 aromatic rings. The lowest BCUT2D eigenvalue weighted by Gasteiger charge is -1.99. The van der Waals surface area contributed by atoms with Crippen LogP contribution in [0.15, 0.2) is 18.2 Å². The van der Waals surface area contributed by atoms with Gasteiger partial charge in [0.25, 0.3) is 0 Å². The second-order valence-electron chi connectivity index (χ2n) is 2.65. The summed E-state index contributed by atoms with van der Waals surface area (Å²) in [5.74, 6) is 1.52. The third-order valence-electron chi connectivity index (χ3n) is 1.84. The van der Waals surface area contributed by atoms with Crippen molar-refractivity contribution in [2.24, 2.45) is 0 Å². The lowest BCUT2D eigenvalue weighted by molar-refractivity contribution is 0.102. The van der Waals surface area contributed by atoms with E-state index >= 15 is 0 Å². The Balaban J connectivity index is 2.36. The lowest BCUT2D eigenvalue weighted by atomic mass is 10.1. The molecule has 0 spiro atoms. The summed E-state index contributed by atoms with van der Waals surface area (Å²) in [5, 5.41) is 0. The van der Waals surface area contributed by atoms with Gasteiger partial charge in [0.2, 0.25) is 6.79 Å². The van der Waals surface area contributed by atoms with Crippen molar-refractivity contribution in [3.63, 3.8) is 0 Å². The molecule has 0 fully saturated rings. The van der Waals surface area contributed by atoms with Crippen molar-refractivity contribution in [1.82, 2.24) is 0 Å². The van der Waals surface area contributed by atoms with Gasteiger partial charge >= 0.3 is 0 Å². The number of ketones is 1. The summed E-state index contributed by atoms with van der Waals surface area (Å²) in [5.41, 5.74) is 0.610. The zero-order chi connectivity index (χ0) is 9.26. The SMILES string of the molecule is O=C(CS)c1ccc2c(c1)OCO2. The highest BCUT2D eigenvalue weighted by molar-refractivity contribution is 7.81. The number of benzene rings is 1. The first kappa shape index (κ1) is 8.44. The van der Waals surface area contributed by atoms with Crippen molar-refractivity contribution in [2.45, 2.75) is 0 Å². The van der Waals surface area contributed by atoms with Crippen molar-refractivity contribution in [1.29, 1.82) is 0 Å². The Kier molecular flexibility index (Phi) is 2.14. The molecule has 0 N–H and O–H groups in total. The molecule has 68 valence electrons. The van der Waals surface area contributed by atoms with Gasteiger partial charge in [0, 0.05) is 5.56 Å². The Hall–Kier alpha value is -1.16. The molecule has 0 saturated carbocycles. The van der Waals surface area contributed by atoms with Crippen molar-refractivity contribution in [3.8, 4) is 11.5 Å². The van der Waals surface area contributed by atoms with Crippen LogP contribution < -0.4 is 9.47 Å². The molecule has 1 aliphatic rings. The van der Waals surface area contributed by atoms with Crippen LogP contribution in [-0.4, -0.2) is 18.3 Å². The normalized spacial score (nSPS) is 13.0. The minimum atomic E-state index is -0.0124. The summed E-state index contributed by atoms with van der Waals surface area (Å²) in [6.07, 6.45) is 0. The van der Waals surface area contributed by atoms with E-state index < -0.39 is 0 Å². The van der Waals surface area contributed by atoms with Gasteiger partial charge in [0.05, 0.1) is 5.75 Å². The minimum Gasteiger partial charge on any atom is -0.454 e. The zero-order valence-corrected chi connectivity index (χ0v) is 7.71. The van der Waals surface area contributed by atoms with Gasteiger partial charge < -0.3 is 9.47 Å². The summed E-state index contributed by atoms with van der Waals surface area (Å²) >= 11 is 3.91. The second kappa shape index (κ2) is 3.30. The number of ether oxygens (including phenoxy) is 2. The summed E-state index contributed by atoms with van der Waals surface area (Å²) in [7, 11) is 0. The van der Waals surface area contributed by atoms with Crippen LogP contribution in [0, 0.1) is 0 Å². The fourth-order valence-corrected chi connectivity index (χ4v) is 1.34. The molecule has 2 rings (SSSR count). The molecule has 0 radical (unpaired) electrons. The van der Waals surface area contributed by atoms with Gasteiger partial charge in [-0.2, -0.15) is 12.6 Å². The van der Waals surface area contributed by atoms with Crippen LogP contribution in [0.4, 0.5) is 0 Å². The number of hydrogen-bond donors (Lipinski definition) is 1. The number of thiol groups is 1. The van der Waals surface area contributed by atoms with Crippen LogP contribution in [-0.2, 0) is 0 Å². The fraction of sp³-hybridized carbons (Fsp3) is 0.222. The molecule has 1 aliphatic heterocycles. The molecule has 1 aromatic carbocycles. The molecule has 0 amide bonds. The topological polar surface area (TPSA) is 35.5 Å². The van der Waals surface area contributed by atoms with Gasteiger partial charge in [-0.25, -0.2) is 0 Å². The highest BCUT2D eigenvalue weighted by Gasteiger charge is 2.15. The third kappa shape index (κ3) is 1.49. The molecule has 0 aromatic heterocycles. The average Bonchev–Trinajstić information content (AvgIpc) is 2.63. The number of carbonyl (C=O) groups is 1. The third-order valence-corrected chi connectivity index (χ3v) is 2.13. The Morgan fingerprint density at radius 1 is 1.38 bits per heavy atom. The van der Waals surface area contributed by atoms with Crippen LogP contribution >= 0.6 is 12.6 Å². The smallest absolute Gasteiger partial charge is 0.231 e. The summed E-state index contributed by atoms with van der Waals surface area (Å²) in [6, 6.07) is 5.13. The largest absolute Gasteiger partial charge is 0.454 e. The van der Waals surface area contributed by atoms with Gasteiger partial charge in [0.1, 0.15) is 0 Å². The average molecular weight is 196 g/mol. The van der Waals surface area contributed by atoms with E-state index in [1.54, 1.807) is 18.2 Å². The maximum absolute atomic E-state index is 11.2. The molecule has 13 heavy (non-hydrogen) atoms. The summed E-state index contributed by atoms with van der Waals surface area (Å²) in [6.45, 7) is 0.230. The molecule has 3 nitrogen and oxygen atoms in total. The molecule has 0 saturated heterocycles. The maximum Gasteiger partial charge on any atom is 0.231 e. The predicted octanol–water partition coefficient (Wildman–Crippen LogP) is 1.53. The van der Waals surface area contributed by atoms with E-state index in [0.717, 1.165) is 0 Å². The van der Waals surface area contributed by atoms with E-state index in [1.807, 2.05) is 0 Å². The van der Waals surface area contributed by atoms with Gasteiger partial charge in [0.15, 0.2) is 17.3 Å². The van der Waals surface area contributed by atoms with Crippen LogP contribution in [0.3, 0.4) is 0 Å². The first-order valence-corrected chi connectivity index (χ1v) is 4.48. The Labute approximate surface area is 81.1 Å². The predicted molar refractivity (Wildman–Crippen MR) is 50.7 cm³/mol. The summed E-state index contributed by atoms with van der Waals surface area (Å²) in [4.78, 5) is 11.2. The lowest BCUT2D eigenvalue weighted by Crippen LogP contribution is -1.99.